The molecule has 0 spiro atoms. The van der Waals surface area contributed by atoms with Crippen molar-refractivity contribution in [3.63, 3.8) is 0 Å². The lowest BCUT2D eigenvalue weighted by molar-refractivity contribution is -0.141. The maximum Gasteiger partial charge on any atom is 0.434 e. The normalized spacial score (nSPS) is 19.4. The smallest absolute Gasteiger partial charge is 0.434 e. The quantitative estimate of drug-likeness (QED) is 0.636. The number of hydrogen-bond acceptors (Lipinski definition) is 5. The summed E-state index contributed by atoms with van der Waals surface area (Å²) in [6.45, 7) is 2.25. The Hall–Kier alpha value is -3.17. The molecule has 1 N–H and O–H groups in total. The van der Waals surface area contributed by atoms with E-state index in [1.54, 1.807) is 12.1 Å². The van der Waals surface area contributed by atoms with Crippen LogP contribution in [-0.4, -0.2) is 32.8 Å². The van der Waals surface area contributed by atoms with Gasteiger partial charge in [-0.1, -0.05) is 6.92 Å². The first kappa shape index (κ1) is 21.1. The Morgan fingerprint density at radius 2 is 1.97 bits per heavy atom. The van der Waals surface area contributed by atoms with Crippen LogP contribution in [0.4, 0.5) is 18.9 Å². The van der Waals surface area contributed by atoms with Crippen molar-refractivity contribution in [1.82, 2.24) is 19.7 Å². The molecular formula is C21H22F3N5O2. The molecule has 0 unspecified atom stereocenters. The molecule has 0 atom stereocenters. The van der Waals surface area contributed by atoms with Gasteiger partial charge in [0.2, 0.25) is 0 Å². The highest BCUT2D eigenvalue weighted by molar-refractivity contribution is 6.06. The van der Waals surface area contributed by atoms with Crippen molar-refractivity contribution < 1.29 is 22.7 Å². The molecule has 1 fully saturated rings. The van der Waals surface area contributed by atoms with Crippen LogP contribution in [0, 0.1) is 5.92 Å². The predicted molar refractivity (Wildman–Crippen MR) is 108 cm³/mol. The van der Waals surface area contributed by atoms with Crippen LogP contribution < -0.4 is 10.1 Å². The number of amides is 1. The highest BCUT2D eigenvalue weighted by atomic mass is 19.4. The molecule has 0 aliphatic heterocycles. The van der Waals surface area contributed by atoms with Crippen molar-refractivity contribution in [3.05, 3.63) is 42.1 Å². The van der Waals surface area contributed by atoms with Gasteiger partial charge in [0.1, 0.15) is 12.1 Å². The summed E-state index contributed by atoms with van der Waals surface area (Å²) in [7, 11) is 1.42. The first-order valence-corrected chi connectivity index (χ1v) is 10.0. The maximum absolute atomic E-state index is 13.2. The van der Waals surface area contributed by atoms with Crippen LogP contribution in [0.3, 0.4) is 0 Å². The third-order valence-electron chi connectivity index (χ3n) is 5.68. The van der Waals surface area contributed by atoms with E-state index in [0.717, 1.165) is 43.6 Å². The van der Waals surface area contributed by atoms with E-state index in [1.165, 1.54) is 7.11 Å². The maximum atomic E-state index is 13.2. The summed E-state index contributed by atoms with van der Waals surface area (Å²) >= 11 is 0. The molecule has 2 heterocycles. The van der Waals surface area contributed by atoms with Crippen LogP contribution in [0.1, 0.15) is 54.7 Å². The minimum atomic E-state index is -4.78. The van der Waals surface area contributed by atoms with E-state index in [0.29, 0.717) is 23.2 Å². The molecule has 164 valence electrons. The minimum Gasteiger partial charge on any atom is -0.494 e. The number of methoxy groups -OCH3 is 1. The van der Waals surface area contributed by atoms with Gasteiger partial charge in [0.15, 0.2) is 5.69 Å². The zero-order valence-electron chi connectivity index (χ0n) is 17.1. The van der Waals surface area contributed by atoms with Crippen molar-refractivity contribution in [1.29, 1.82) is 0 Å². The zero-order chi connectivity index (χ0) is 22.2. The van der Waals surface area contributed by atoms with E-state index in [9.17, 15) is 18.0 Å². The standard InChI is InChI=1S/C21H22F3N5O2/c1-12-3-5-14(6-4-12)29-10-13-7-17(18(31-2)8-16(13)28-29)27-20(30)15-9-25-11-26-19(15)21(22,23)24/h7-12,14H,3-6H2,1-2H3,(H,27,30)/t12-,14-. The molecular weight excluding hydrogens is 411 g/mol. The Balaban J connectivity index is 1.64. The van der Waals surface area contributed by atoms with E-state index < -0.39 is 23.3 Å². The van der Waals surface area contributed by atoms with E-state index >= 15 is 0 Å². The van der Waals surface area contributed by atoms with Crippen molar-refractivity contribution >= 4 is 22.5 Å². The summed E-state index contributed by atoms with van der Waals surface area (Å²) in [6, 6.07) is 3.63. The lowest BCUT2D eigenvalue weighted by Crippen LogP contribution is -2.20. The number of nitrogens with one attached hydrogen (secondary N) is 1. The molecule has 7 nitrogen and oxygen atoms in total. The molecule has 3 aromatic rings. The molecule has 2 aromatic heterocycles. The molecule has 31 heavy (non-hydrogen) atoms. The fraction of sp³-hybridized carbons (Fsp3) is 0.429. The van der Waals surface area contributed by atoms with E-state index in [4.69, 9.17) is 4.74 Å². The molecule has 0 bridgehead atoms. The lowest BCUT2D eigenvalue weighted by Gasteiger charge is -2.26. The zero-order valence-corrected chi connectivity index (χ0v) is 17.1. The average molecular weight is 433 g/mol. The van der Waals surface area contributed by atoms with Crippen molar-refractivity contribution in [2.24, 2.45) is 5.92 Å². The summed E-state index contributed by atoms with van der Waals surface area (Å²) in [6.07, 6.45) is 3.11. The number of halogens is 3. The summed E-state index contributed by atoms with van der Waals surface area (Å²) in [5, 5.41) is 7.91. The first-order valence-electron chi connectivity index (χ1n) is 10.0. The number of hydrogen-bond donors (Lipinski definition) is 1. The van der Waals surface area contributed by atoms with Crippen LogP contribution in [0.15, 0.2) is 30.9 Å². The fourth-order valence-electron chi connectivity index (χ4n) is 3.94. The minimum absolute atomic E-state index is 0.244. The van der Waals surface area contributed by atoms with Crippen LogP contribution in [0.5, 0.6) is 5.75 Å². The van der Waals surface area contributed by atoms with E-state index in [2.05, 4.69) is 27.3 Å². The second kappa shape index (κ2) is 8.16. The molecule has 1 aliphatic rings. The number of carbonyl (C=O) groups excluding carboxylic acids is 1. The lowest BCUT2D eigenvalue weighted by atomic mass is 9.87. The van der Waals surface area contributed by atoms with Gasteiger partial charge in [-0.15, -0.1) is 0 Å². The second-order valence-corrected chi connectivity index (χ2v) is 7.87. The molecule has 1 aliphatic carbocycles. The van der Waals surface area contributed by atoms with Gasteiger partial charge in [0, 0.05) is 23.8 Å². The summed E-state index contributed by atoms with van der Waals surface area (Å²) in [5.41, 5.74) is -1.02. The Morgan fingerprint density at radius 3 is 2.65 bits per heavy atom. The number of rotatable bonds is 4. The molecule has 1 saturated carbocycles. The number of ether oxygens (including phenoxy) is 1. The van der Waals surface area contributed by atoms with Crippen molar-refractivity contribution in [2.45, 2.75) is 44.8 Å². The van der Waals surface area contributed by atoms with Gasteiger partial charge in [0.05, 0.1) is 29.9 Å². The van der Waals surface area contributed by atoms with Gasteiger partial charge in [-0.25, -0.2) is 9.97 Å². The van der Waals surface area contributed by atoms with Crippen LogP contribution in [0.2, 0.25) is 0 Å². The Morgan fingerprint density at radius 1 is 1.23 bits per heavy atom. The third-order valence-corrected chi connectivity index (χ3v) is 5.68. The number of alkyl halides is 3. The monoisotopic (exact) mass is 433 g/mol. The van der Waals surface area contributed by atoms with Crippen LogP contribution in [-0.2, 0) is 6.18 Å². The number of aromatic nitrogens is 4. The van der Waals surface area contributed by atoms with E-state index in [1.807, 2.05) is 10.9 Å². The van der Waals surface area contributed by atoms with Gasteiger partial charge >= 0.3 is 6.18 Å². The Labute approximate surface area is 176 Å². The highest BCUT2D eigenvalue weighted by Crippen LogP contribution is 2.35. The number of benzene rings is 1. The largest absolute Gasteiger partial charge is 0.494 e. The summed E-state index contributed by atoms with van der Waals surface area (Å²) in [4.78, 5) is 19.4. The Bertz CT molecular complexity index is 1100. The Kier molecular flexibility index (Phi) is 5.55. The average Bonchev–Trinajstić information content (AvgIpc) is 3.15. The van der Waals surface area contributed by atoms with Gasteiger partial charge < -0.3 is 10.1 Å². The molecule has 4 rings (SSSR count). The number of nitrogens with zero attached hydrogens (tertiary/aromatic N) is 4. The predicted octanol–water partition coefficient (Wildman–Crippen LogP) is 4.86. The number of carbonyl (C=O) groups is 1. The van der Waals surface area contributed by atoms with Crippen LogP contribution >= 0.6 is 0 Å². The van der Waals surface area contributed by atoms with E-state index in [-0.39, 0.29) is 5.69 Å². The van der Waals surface area contributed by atoms with Gasteiger partial charge in [0.25, 0.3) is 5.91 Å². The topological polar surface area (TPSA) is 81.9 Å². The van der Waals surface area contributed by atoms with Crippen molar-refractivity contribution in [3.8, 4) is 5.75 Å². The molecule has 1 aromatic carbocycles. The molecule has 0 saturated heterocycles. The molecule has 10 heteroatoms. The number of fused-ring (bicyclic) bond motifs is 1. The SMILES string of the molecule is COc1cc2nn([C@H]3CC[C@H](C)CC3)cc2cc1NC(=O)c1cncnc1C(F)(F)F. The third kappa shape index (κ3) is 4.33. The summed E-state index contributed by atoms with van der Waals surface area (Å²) in [5.74, 6) is 0.0414. The first-order chi connectivity index (χ1) is 14.8. The van der Waals surface area contributed by atoms with Gasteiger partial charge in [-0.2, -0.15) is 18.3 Å². The van der Waals surface area contributed by atoms with Gasteiger partial charge in [-0.3, -0.25) is 9.48 Å². The van der Waals surface area contributed by atoms with Crippen molar-refractivity contribution in [2.75, 3.05) is 12.4 Å². The fourth-order valence-corrected chi connectivity index (χ4v) is 3.94. The molecule has 0 radical (unpaired) electrons. The molecule has 1 amide bonds. The second-order valence-electron chi connectivity index (χ2n) is 7.87. The van der Waals surface area contributed by atoms with Gasteiger partial charge in [-0.05, 0) is 37.7 Å². The van der Waals surface area contributed by atoms with Crippen LogP contribution in [0.25, 0.3) is 10.9 Å². The number of anilines is 1. The summed E-state index contributed by atoms with van der Waals surface area (Å²) < 4.78 is 46.9. The highest BCUT2D eigenvalue weighted by Gasteiger charge is 2.37.